The van der Waals surface area contributed by atoms with Crippen molar-refractivity contribution < 1.29 is 13.2 Å². The molecular weight excluding hydrogens is 346 g/mol. The van der Waals surface area contributed by atoms with Gasteiger partial charge in [-0.15, -0.1) is 0 Å². The van der Waals surface area contributed by atoms with Crippen molar-refractivity contribution in [3.8, 4) is 0 Å². The summed E-state index contributed by atoms with van der Waals surface area (Å²) in [6, 6.07) is 19.3. The number of benzene rings is 2. The number of rotatable bonds is 6. The van der Waals surface area contributed by atoms with Crippen molar-refractivity contribution in [3.63, 3.8) is 0 Å². The molecule has 0 spiro atoms. The van der Waals surface area contributed by atoms with Crippen LogP contribution in [0.3, 0.4) is 0 Å². The molecule has 1 amide bonds. The summed E-state index contributed by atoms with van der Waals surface area (Å²) < 4.78 is 25.1. The molecule has 1 saturated carbocycles. The highest BCUT2D eigenvalue weighted by molar-refractivity contribution is 7.92. The molecule has 138 valence electrons. The molecule has 26 heavy (non-hydrogen) atoms. The van der Waals surface area contributed by atoms with Gasteiger partial charge in [-0.05, 0) is 30.9 Å². The van der Waals surface area contributed by atoms with Gasteiger partial charge in [-0.1, -0.05) is 73.5 Å². The van der Waals surface area contributed by atoms with Crippen molar-refractivity contribution in [2.24, 2.45) is 0 Å². The van der Waals surface area contributed by atoms with Gasteiger partial charge in [0.15, 0.2) is 9.84 Å². The van der Waals surface area contributed by atoms with E-state index in [0.29, 0.717) is 12.8 Å². The van der Waals surface area contributed by atoms with E-state index in [2.05, 4.69) is 5.32 Å². The Morgan fingerprint density at radius 2 is 1.42 bits per heavy atom. The second-order valence-corrected chi connectivity index (χ2v) is 9.40. The van der Waals surface area contributed by atoms with Crippen LogP contribution in [-0.2, 0) is 20.2 Å². The zero-order chi connectivity index (χ0) is 18.6. The van der Waals surface area contributed by atoms with E-state index in [9.17, 15) is 13.2 Å². The minimum Gasteiger partial charge on any atom is -0.342 e. The number of nitrogens with one attached hydrogen (secondary N) is 1. The van der Waals surface area contributed by atoms with Crippen LogP contribution in [0.25, 0.3) is 0 Å². The Balaban J connectivity index is 1.86. The van der Waals surface area contributed by atoms with E-state index in [4.69, 9.17) is 0 Å². The zero-order valence-corrected chi connectivity index (χ0v) is 15.8. The first-order chi connectivity index (χ1) is 12.4. The van der Waals surface area contributed by atoms with Crippen LogP contribution < -0.4 is 5.32 Å². The van der Waals surface area contributed by atoms with Crippen LogP contribution in [0.15, 0.2) is 60.7 Å². The third kappa shape index (κ3) is 3.98. The number of hydrogen-bond donors (Lipinski definition) is 1. The van der Waals surface area contributed by atoms with Crippen molar-refractivity contribution >= 4 is 15.7 Å². The molecule has 0 aliphatic heterocycles. The molecule has 0 heterocycles. The summed E-state index contributed by atoms with van der Waals surface area (Å²) in [6.07, 6.45) is 3.20. The van der Waals surface area contributed by atoms with E-state index in [0.717, 1.165) is 24.0 Å². The Morgan fingerprint density at radius 1 is 0.962 bits per heavy atom. The van der Waals surface area contributed by atoms with Crippen molar-refractivity contribution in [2.45, 2.75) is 43.4 Å². The van der Waals surface area contributed by atoms with Gasteiger partial charge in [0.2, 0.25) is 5.91 Å². The van der Waals surface area contributed by atoms with Crippen LogP contribution in [0.2, 0.25) is 0 Å². The molecule has 0 radical (unpaired) electrons. The monoisotopic (exact) mass is 371 g/mol. The minimum atomic E-state index is -3.41. The SMILES string of the molecule is CC(NC(=O)CS(=O)(=O)C1CCCC1)(c1ccccc1)c1ccccc1. The van der Waals surface area contributed by atoms with Crippen LogP contribution >= 0.6 is 0 Å². The maximum atomic E-state index is 12.7. The van der Waals surface area contributed by atoms with E-state index in [1.807, 2.05) is 67.6 Å². The van der Waals surface area contributed by atoms with E-state index in [-0.39, 0.29) is 5.25 Å². The standard InChI is InChI=1S/C21H25NO3S/c1-21(17-10-4-2-5-11-17,18-12-6-3-7-13-18)22-20(23)16-26(24,25)19-14-8-9-15-19/h2-7,10-13,19H,8-9,14-16H2,1H3,(H,22,23). The van der Waals surface area contributed by atoms with Crippen molar-refractivity contribution in [2.75, 3.05) is 5.75 Å². The molecule has 1 aliphatic carbocycles. The summed E-state index contributed by atoms with van der Waals surface area (Å²) in [5.41, 5.74) is 1.04. The van der Waals surface area contributed by atoms with Gasteiger partial charge in [0.1, 0.15) is 5.75 Å². The van der Waals surface area contributed by atoms with Gasteiger partial charge in [0.05, 0.1) is 10.8 Å². The first-order valence-electron chi connectivity index (χ1n) is 9.05. The summed E-state index contributed by atoms with van der Waals surface area (Å²) >= 11 is 0. The van der Waals surface area contributed by atoms with Crippen LogP contribution in [0.4, 0.5) is 0 Å². The Hall–Kier alpha value is -2.14. The molecule has 5 heteroatoms. The number of sulfone groups is 1. The molecule has 0 saturated heterocycles. The Kier molecular flexibility index (Phi) is 5.47. The first-order valence-corrected chi connectivity index (χ1v) is 10.8. The predicted molar refractivity (Wildman–Crippen MR) is 104 cm³/mol. The van der Waals surface area contributed by atoms with Crippen molar-refractivity contribution in [1.82, 2.24) is 5.32 Å². The fourth-order valence-corrected chi connectivity index (χ4v) is 5.44. The lowest BCUT2D eigenvalue weighted by atomic mass is 9.84. The van der Waals surface area contributed by atoms with Crippen LogP contribution in [-0.4, -0.2) is 25.3 Å². The molecule has 1 fully saturated rings. The van der Waals surface area contributed by atoms with Crippen molar-refractivity contribution in [3.05, 3.63) is 71.8 Å². The quantitative estimate of drug-likeness (QED) is 0.846. The fourth-order valence-electron chi connectivity index (χ4n) is 3.72. The van der Waals surface area contributed by atoms with E-state index in [1.165, 1.54) is 0 Å². The predicted octanol–water partition coefficient (Wildman–Crippen LogP) is 3.42. The largest absolute Gasteiger partial charge is 0.342 e. The molecule has 1 aliphatic rings. The van der Waals surface area contributed by atoms with E-state index < -0.39 is 27.0 Å². The number of carbonyl (C=O) groups excluding carboxylic acids is 1. The number of hydrogen-bond acceptors (Lipinski definition) is 3. The maximum absolute atomic E-state index is 12.7. The molecule has 0 bridgehead atoms. The molecule has 0 unspecified atom stereocenters. The van der Waals surface area contributed by atoms with E-state index in [1.54, 1.807) is 0 Å². The van der Waals surface area contributed by atoms with Crippen LogP contribution in [0.5, 0.6) is 0 Å². The third-order valence-corrected chi connectivity index (χ3v) is 7.39. The first kappa shape index (κ1) is 18.6. The summed E-state index contributed by atoms with van der Waals surface area (Å²) in [5.74, 6) is -0.903. The average molecular weight is 372 g/mol. The normalized spacial score (nSPS) is 15.7. The maximum Gasteiger partial charge on any atom is 0.236 e. The molecule has 0 aromatic heterocycles. The number of amides is 1. The lowest BCUT2D eigenvalue weighted by Gasteiger charge is -2.32. The molecular formula is C21H25NO3S. The third-order valence-electron chi connectivity index (χ3n) is 5.23. The molecule has 0 atom stereocenters. The Bertz CT molecular complexity index is 802. The topological polar surface area (TPSA) is 63.2 Å². The van der Waals surface area contributed by atoms with Gasteiger partial charge in [-0.2, -0.15) is 0 Å². The highest BCUT2D eigenvalue weighted by Crippen LogP contribution is 2.30. The highest BCUT2D eigenvalue weighted by Gasteiger charge is 2.35. The van der Waals surface area contributed by atoms with Gasteiger partial charge in [0.25, 0.3) is 0 Å². The zero-order valence-electron chi connectivity index (χ0n) is 15.0. The molecule has 2 aromatic carbocycles. The van der Waals surface area contributed by atoms with Gasteiger partial charge in [-0.3, -0.25) is 4.79 Å². The van der Waals surface area contributed by atoms with Crippen LogP contribution in [0, 0.1) is 0 Å². The second kappa shape index (κ2) is 7.62. The lowest BCUT2D eigenvalue weighted by molar-refractivity contribution is -0.120. The summed E-state index contributed by atoms with van der Waals surface area (Å²) in [4.78, 5) is 12.7. The smallest absolute Gasteiger partial charge is 0.236 e. The molecule has 1 N–H and O–H groups in total. The van der Waals surface area contributed by atoms with Gasteiger partial charge in [-0.25, -0.2) is 8.42 Å². The Labute approximate surface area is 155 Å². The second-order valence-electron chi connectivity index (χ2n) is 7.12. The van der Waals surface area contributed by atoms with Gasteiger partial charge in [0, 0.05) is 0 Å². The number of carbonyl (C=O) groups is 1. The summed E-state index contributed by atoms with van der Waals surface area (Å²) in [5, 5.41) is 2.62. The Morgan fingerprint density at radius 3 is 1.88 bits per heavy atom. The molecule has 3 rings (SSSR count). The average Bonchev–Trinajstić information content (AvgIpc) is 3.18. The summed E-state index contributed by atoms with van der Waals surface area (Å²) in [6.45, 7) is 1.91. The van der Waals surface area contributed by atoms with E-state index >= 15 is 0 Å². The molecule has 4 nitrogen and oxygen atoms in total. The van der Waals surface area contributed by atoms with Crippen molar-refractivity contribution in [1.29, 1.82) is 0 Å². The lowest BCUT2D eigenvalue weighted by Crippen LogP contribution is -2.47. The fraction of sp³-hybridized carbons (Fsp3) is 0.381. The minimum absolute atomic E-state index is 0.368. The molecule has 2 aromatic rings. The van der Waals surface area contributed by atoms with Gasteiger partial charge < -0.3 is 5.32 Å². The summed E-state index contributed by atoms with van der Waals surface area (Å²) in [7, 11) is -3.41. The van der Waals surface area contributed by atoms with Gasteiger partial charge >= 0.3 is 0 Å². The highest BCUT2D eigenvalue weighted by atomic mass is 32.2. The van der Waals surface area contributed by atoms with Crippen LogP contribution in [0.1, 0.15) is 43.7 Å².